The molecule has 84 valence electrons. The molecule has 0 aromatic carbocycles. The molecule has 1 rings (SSSR count). The molecule has 3 atom stereocenters. The molecule has 0 spiro atoms. The molecule has 0 heterocycles. The van der Waals surface area contributed by atoms with Crippen molar-refractivity contribution in [3.63, 3.8) is 0 Å². The summed E-state index contributed by atoms with van der Waals surface area (Å²) in [6.07, 6.45) is 5.89. The van der Waals surface area contributed by atoms with Crippen molar-refractivity contribution in [2.24, 2.45) is 5.92 Å². The largest absolute Gasteiger partial charge is 0.393 e. The van der Waals surface area contributed by atoms with E-state index >= 15 is 0 Å². The molecule has 1 fully saturated rings. The summed E-state index contributed by atoms with van der Waals surface area (Å²) < 4.78 is 0. The van der Waals surface area contributed by atoms with Crippen LogP contribution >= 0.6 is 0 Å². The molecule has 3 unspecified atom stereocenters. The molecule has 0 radical (unpaired) electrons. The van der Waals surface area contributed by atoms with E-state index in [1.165, 1.54) is 25.7 Å². The Bertz CT molecular complexity index is 160. The van der Waals surface area contributed by atoms with Gasteiger partial charge in [0.1, 0.15) is 0 Å². The van der Waals surface area contributed by atoms with Crippen LogP contribution in [0.25, 0.3) is 0 Å². The average Bonchev–Trinajstić information content (AvgIpc) is 2.20. The standard InChI is InChI=1S/C12H25NO/c1-4-10(2)13(3)9-11-7-5-6-8-12(11)14/h10-12,14H,4-9H2,1-3H3. The third-order valence-corrected chi connectivity index (χ3v) is 3.73. The third kappa shape index (κ3) is 3.25. The lowest BCUT2D eigenvalue weighted by molar-refractivity contribution is 0.0444. The van der Waals surface area contributed by atoms with Gasteiger partial charge in [-0.3, -0.25) is 0 Å². The van der Waals surface area contributed by atoms with Gasteiger partial charge in [0.15, 0.2) is 0 Å². The van der Waals surface area contributed by atoms with Crippen LogP contribution in [-0.2, 0) is 0 Å². The molecule has 0 amide bonds. The Labute approximate surface area is 88.3 Å². The van der Waals surface area contributed by atoms with E-state index in [0.29, 0.717) is 12.0 Å². The maximum absolute atomic E-state index is 9.85. The van der Waals surface area contributed by atoms with Gasteiger partial charge in [0, 0.05) is 12.6 Å². The van der Waals surface area contributed by atoms with Gasteiger partial charge in [0.05, 0.1) is 6.10 Å². The highest BCUT2D eigenvalue weighted by molar-refractivity contribution is 4.77. The quantitative estimate of drug-likeness (QED) is 0.751. The molecule has 0 aliphatic heterocycles. The van der Waals surface area contributed by atoms with Gasteiger partial charge < -0.3 is 10.0 Å². The molecule has 1 saturated carbocycles. The van der Waals surface area contributed by atoms with Crippen LogP contribution in [0.3, 0.4) is 0 Å². The second-order valence-corrected chi connectivity index (χ2v) is 4.81. The van der Waals surface area contributed by atoms with Crippen molar-refractivity contribution in [2.45, 2.75) is 58.1 Å². The molecular weight excluding hydrogens is 174 g/mol. The van der Waals surface area contributed by atoms with E-state index in [0.717, 1.165) is 13.0 Å². The summed E-state index contributed by atoms with van der Waals surface area (Å²) in [6.45, 7) is 5.55. The van der Waals surface area contributed by atoms with E-state index < -0.39 is 0 Å². The monoisotopic (exact) mass is 199 g/mol. The molecule has 0 saturated heterocycles. The van der Waals surface area contributed by atoms with Crippen LogP contribution in [0.2, 0.25) is 0 Å². The zero-order chi connectivity index (χ0) is 10.6. The second kappa shape index (κ2) is 5.72. The van der Waals surface area contributed by atoms with E-state index in [-0.39, 0.29) is 6.10 Å². The fourth-order valence-corrected chi connectivity index (χ4v) is 2.26. The van der Waals surface area contributed by atoms with E-state index in [9.17, 15) is 5.11 Å². The fourth-order valence-electron chi connectivity index (χ4n) is 2.26. The highest BCUT2D eigenvalue weighted by atomic mass is 16.3. The highest BCUT2D eigenvalue weighted by Gasteiger charge is 2.24. The highest BCUT2D eigenvalue weighted by Crippen LogP contribution is 2.25. The summed E-state index contributed by atoms with van der Waals surface area (Å²) >= 11 is 0. The predicted molar refractivity (Wildman–Crippen MR) is 60.3 cm³/mol. The average molecular weight is 199 g/mol. The molecular formula is C12H25NO. The Morgan fingerprint density at radius 3 is 2.57 bits per heavy atom. The normalized spacial score (nSPS) is 30.6. The molecule has 14 heavy (non-hydrogen) atoms. The first-order valence-electron chi connectivity index (χ1n) is 6.03. The van der Waals surface area contributed by atoms with E-state index in [1.807, 2.05) is 0 Å². The van der Waals surface area contributed by atoms with Crippen molar-refractivity contribution in [3.05, 3.63) is 0 Å². The number of nitrogens with zero attached hydrogens (tertiary/aromatic N) is 1. The number of aliphatic hydroxyl groups excluding tert-OH is 1. The van der Waals surface area contributed by atoms with Crippen LogP contribution in [0.5, 0.6) is 0 Å². The molecule has 0 aromatic heterocycles. The van der Waals surface area contributed by atoms with E-state index in [4.69, 9.17) is 0 Å². The van der Waals surface area contributed by atoms with Gasteiger partial charge in [0.2, 0.25) is 0 Å². The van der Waals surface area contributed by atoms with Gasteiger partial charge in [-0.2, -0.15) is 0 Å². The van der Waals surface area contributed by atoms with Crippen LogP contribution < -0.4 is 0 Å². The van der Waals surface area contributed by atoms with Gasteiger partial charge in [-0.15, -0.1) is 0 Å². The number of rotatable bonds is 4. The van der Waals surface area contributed by atoms with E-state index in [2.05, 4.69) is 25.8 Å². The first kappa shape index (κ1) is 12.0. The van der Waals surface area contributed by atoms with Crippen molar-refractivity contribution < 1.29 is 5.11 Å². The van der Waals surface area contributed by atoms with E-state index in [1.54, 1.807) is 0 Å². The molecule has 0 aromatic rings. The lowest BCUT2D eigenvalue weighted by Crippen LogP contribution is -2.38. The van der Waals surface area contributed by atoms with Gasteiger partial charge >= 0.3 is 0 Å². The summed E-state index contributed by atoms with van der Waals surface area (Å²) in [7, 11) is 2.18. The Morgan fingerprint density at radius 2 is 2.00 bits per heavy atom. The molecule has 1 N–H and O–H groups in total. The zero-order valence-electron chi connectivity index (χ0n) is 9.87. The summed E-state index contributed by atoms with van der Waals surface area (Å²) in [5.74, 6) is 0.516. The van der Waals surface area contributed by atoms with Crippen LogP contribution in [0.4, 0.5) is 0 Å². The molecule has 1 aliphatic rings. The third-order valence-electron chi connectivity index (χ3n) is 3.73. The van der Waals surface area contributed by atoms with Crippen molar-refractivity contribution in [2.75, 3.05) is 13.6 Å². The minimum absolute atomic E-state index is 0.0461. The lowest BCUT2D eigenvalue weighted by Gasteiger charge is -2.33. The second-order valence-electron chi connectivity index (χ2n) is 4.81. The van der Waals surface area contributed by atoms with Crippen LogP contribution in [0, 0.1) is 5.92 Å². The van der Waals surface area contributed by atoms with Crippen LogP contribution in [0.1, 0.15) is 46.0 Å². The summed E-state index contributed by atoms with van der Waals surface area (Å²) in [5.41, 5.74) is 0. The van der Waals surface area contributed by atoms with Gasteiger partial charge in [-0.25, -0.2) is 0 Å². The maximum atomic E-state index is 9.85. The first-order chi connectivity index (χ1) is 6.65. The minimum Gasteiger partial charge on any atom is -0.393 e. The van der Waals surface area contributed by atoms with Crippen LogP contribution in [0.15, 0.2) is 0 Å². The SMILES string of the molecule is CCC(C)N(C)CC1CCCCC1O. The smallest absolute Gasteiger partial charge is 0.0580 e. The Balaban J connectivity index is 2.34. The predicted octanol–water partition coefficient (Wildman–Crippen LogP) is 2.27. The molecule has 2 heteroatoms. The van der Waals surface area contributed by atoms with Crippen molar-refractivity contribution in [1.82, 2.24) is 4.90 Å². The van der Waals surface area contributed by atoms with Gasteiger partial charge in [-0.05, 0) is 39.2 Å². The Kier molecular flexibility index (Phi) is 4.90. The topological polar surface area (TPSA) is 23.5 Å². The summed E-state index contributed by atoms with van der Waals surface area (Å²) in [4.78, 5) is 2.39. The number of aliphatic hydroxyl groups is 1. The number of hydrogen-bond acceptors (Lipinski definition) is 2. The molecule has 1 aliphatic carbocycles. The van der Waals surface area contributed by atoms with Gasteiger partial charge in [-0.1, -0.05) is 19.8 Å². The zero-order valence-corrected chi connectivity index (χ0v) is 9.87. The minimum atomic E-state index is -0.0461. The summed E-state index contributed by atoms with van der Waals surface area (Å²) in [5, 5.41) is 9.85. The fraction of sp³-hybridized carbons (Fsp3) is 1.00. The van der Waals surface area contributed by atoms with Crippen LogP contribution in [-0.4, -0.2) is 35.7 Å². The Morgan fingerprint density at radius 1 is 1.36 bits per heavy atom. The molecule has 0 bridgehead atoms. The maximum Gasteiger partial charge on any atom is 0.0580 e. The molecule has 2 nitrogen and oxygen atoms in total. The van der Waals surface area contributed by atoms with Gasteiger partial charge in [0.25, 0.3) is 0 Å². The van der Waals surface area contributed by atoms with Crippen molar-refractivity contribution in [3.8, 4) is 0 Å². The van der Waals surface area contributed by atoms with Crippen molar-refractivity contribution >= 4 is 0 Å². The summed E-state index contributed by atoms with van der Waals surface area (Å²) in [6, 6.07) is 0.643. The lowest BCUT2D eigenvalue weighted by atomic mass is 9.86. The van der Waals surface area contributed by atoms with Crippen molar-refractivity contribution in [1.29, 1.82) is 0 Å². The number of hydrogen-bond donors (Lipinski definition) is 1. The first-order valence-corrected chi connectivity index (χ1v) is 6.03. The Hall–Kier alpha value is -0.0800.